The number of rotatable bonds is 4. The normalized spacial score (nSPS) is 23.7. The van der Waals surface area contributed by atoms with Gasteiger partial charge in [0.15, 0.2) is 0 Å². The summed E-state index contributed by atoms with van der Waals surface area (Å²) >= 11 is 1.62. The van der Waals surface area contributed by atoms with Crippen molar-refractivity contribution in [2.75, 3.05) is 20.2 Å². The highest BCUT2D eigenvalue weighted by molar-refractivity contribution is 8.00. The van der Waals surface area contributed by atoms with E-state index in [0.29, 0.717) is 11.8 Å². The summed E-state index contributed by atoms with van der Waals surface area (Å²) in [7, 11) is 1.66. The fourth-order valence-corrected chi connectivity index (χ4v) is 3.96. The summed E-state index contributed by atoms with van der Waals surface area (Å²) in [5, 5.41) is -0.0455. The van der Waals surface area contributed by atoms with Crippen molar-refractivity contribution in [3.63, 3.8) is 0 Å². The Kier molecular flexibility index (Phi) is 5.57. The van der Waals surface area contributed by atoms with Crippen molar-refractivity contribution >= 4 is 17.7 Å². The Hall–Kier alpha value is -1.16. The molecule has 1 aromatic rings. The first-order valence-corrected chi connectivity index (χ1v) is 8.47. The Morgan fingerprint density at radius 1 is 1.24 bits per heavy atom. The predicted molar refractivity (Wildman–Crippen MR) is 87.8 cm³/mol. The SMILES string of the molecule is COc1ccc(SC(C)C(=O)N2CC(C)CC(C)C2)cc1. The summed E-state index contributed by atoms with van der Waals surface area (Å²) in [5.41, 5.74) is 0. The maximum absolute atomic E-state index is 12.6. The van der Waals surface area contributed by atoms with Crippen molar-refractivity contribution in [2.24, 2.45) is 11.8 Å². The second-order valence-corrected chi connectivity index (χ2v) is 7.54. The lowest BCUT2D eigenvalue weighted by atomic mass is 9.92. The fraction of sp³-hybridized carbons (Fsp3) is 0.588. The van der Waals surface area contributed by atoms with Crippen LogP contribution in [-0.4, -0.2) is 36.3 Å². The summed E-state index contributed by atoms with van der Waals surface area (Å²) in [6.07, 6.45) is 1.23. The third kappa shape index (κ3) is 4.40. The Balaban J connectivity index is 1.95. The number of likely N-dealkylation sites (tertiary alicyclic amines) is 1. The first kappa shape index (κ1) is 16.2. The van der Waals surface area contributed by atoms with Crippen molar-refractivity contribution in [1.82, 2.24) is 4.90 Å². The highest BCUT2D eigenvalue weighted by atomic mass is 32.2. The third-order valence-electron chi connectivity index (χ3n) is 3.90. The summed E-state index contributed by atoms with van der Waals surface area (Å²) in [5.74, 6) is 2.32. The van der Waals surface area contributed by atoms with Crippen LogP contribution < -0.4 is 4.74 Å². The van der Waals surface area contributed by atoms with E-state index in [1.54, 1.807) is 18.9 Å². The van der Waals surface area contributed by atoms with E-state index in [0.717, 1.165) is 23.7 Å². The van der Waals surface area contributed by atoms with E-state index in [2.05, 4.69) is 13.8 Å². The molecule has 116 valence electrons. The van der Waals surface area contributed by atoms with Gasteiger partial charge in [-0.25, -0.2) is 0 Å². The number of carbonyl (C=O) groups is 1. The van der Waals surface area contributed by atoms with E-state index in [-0.39, 0.29) is 11.2 Å². The minimum absolute atomic E-state index is 0.0455. The number of carbonyl (C=O) groups excluding carboxylic acids is 1. The largest absolute Gasteiger partial charge is 0.497 e. The number of nitrogens with zero attached hydrogens (tertiary/aromatic N) is 1. The maximum Gasteiger partial charge on any atom is 0.235 e. The van der Waals surface area contributed by atoms with Crippen LogP contribution in [0, 0.1) is 11.8 Å². The van der Waals surface area contributed by atoms with Gasteiger partial charge in [0.1, 0.15) is 5.75 Å². The molecule has 1 heterocycles. The van der Waals surface area contributed by atoms with Crippen LogP contribution in [0.2, 0.25) is 0 Å². The van der Waals surface area contributed by atoms with Crippen LogP contribution in [0.25, 0.3) is 0 Å². The minimum atomic E-state index is -0.0455. The molecule has 0 radical (unpaired) electrons. The van der Waals surface area contributed by atoms with Crippen molar-refractivity contribution in [2.45, 2.75) is 37.3 Å². The monoisotopic (exact) mass is 307 g/mol. The molecule has 3 nitrogen and oxygen atoms in total. The fourth-order valence-electron chi connectivity index (χ4n) is 3.01. The van der Waals surface area contributed by atoms with Gasteiger partial charge in [-0.3, -0.25) is 4.79 Å². The average molecular weight is 307 g/mol. The maximum atomic E-state index is 12.6. The topological polar surface area (TPSA) is 29.5 Å². The molecule has 1 aromatic carbocycles. The number of ether oxygens (including phenoxy) is 1. The first-order chi connectivity index (χ1) is 9.99. The number of hydrogen-bond acceptors (Lipinski definition) is 3. The van der Waals surface area contributed by atoms with Crippen molar-refractivity contribution in [1.29, 1.82) is 0 Å². The smallest absolute Gasteiger partial charge is 0.235 e. The second kappa shape index (κ2) is 7.21. The van der Waals surface area contributed by atoms with Crippen LogP contribution >= 0.6 is 11.8 Å². The number of piperidine rings is 1. The number of hydrogen-bond donors (Lipinski definition) is 0. The van der Waals surface area contributed by atoms with Crippen molar-refractivity contribution < 1.29 is 9.53 Å². The number of thioether (sulfide) groups is 1. The molecule has 3 unspecified atom stereocenters. The summed E-state index contributed by atoms with van der Waals surface area (Å²) in [4.78, 5) is 15.7. The zero-order valence-electron chi connectivity index (χ0n) is 13.3. The highest BCUT2D eigenvalue weighted by Gasteiger charge is 2.28. The molecule has 1 saturated heterocycles. The molecule has 0 N–H and O–H groups in total. The van der Waals surface area contributed by atoms with Gasteiger partial charge in [0.2, 0.25) is 5.91 Å². The lowest BCUT2D eigenvalue weighted by molar-refractivity contribution is -0.132. The van der Waals surface area contributed by atoms with Gasteiger partial charge in [0.25, 0.3) is 0 Å². The standard InChI is InChI=1S/C17H25NO2S/c1-12-9-13(2)11-18(10-12)17(19)14(3)21-16-7-5-15(20-4)6-8-16/h5-8,12-14H,9-11H2,1-4H3. The summed E-state index contributed by atoms with van der Waals surface area (Å²) < 4.78 is 5.16. The minimum Gasteiger partial charge on any atom is -0.497 e. The molecule has 0 aromatic heterocycles. The van der Waals surface area contributed by atoms with Crippen LogP contribution in [0.15, 0.2) is 29.2 Å². The van der Waals surface area contributed by atoms with Gasteiger partial charge < -0.3 is 9.64 Å². The third-order valence-corrected chi connectivity index (χ3v) is 5.00. The van der Waals surface area contributed by atoms with Crippen molar-refractivity contribution in [3.8, 4) is 5.75 Å². The van der Waals surface area contributed by atoms with Gasteiger partial charge in [0, 0.05) is 18.0 Å². The van der Waals surface area contributed by atoms with Gasteiger partial charge >= 0.3 is 0 Å². The number of benzene rings is 1. The molecular weight excluding hydrogens is 282 g/mol. The summed E-state index contributed by atoms with van der Waals surface area (Å²) in [6, 6.07) is 7.89. The molecule has 0 saturated carbocycles. The summed E-state index contributed by atoms with van der Waals surface area (Å²) in [6.45, 7) is 8.27. The van der Waals surface area contributed by atoms with Gasteiger partial charge in [-0.05, 0) is 49.4 Å². The number of methoxy groups -OCH3 is 1. The number of amides is 1. The zero-order valence-corrected chi connectivity index (χ0v) is 14.2. The Morgan fingerprint density at radius 2 is 1.81 bits per heavy atom. The van der Waals surface area contributed by atoms with Gasteiger partial charge in [0.05, 0.1) is 12.4 Å². The lowest BCUT2D eigenvalue weighted by Gasteiger charge is -2.36. The molecule has 2 rings (SSSR count). The first-order valence-electron chi connectivity index (χ1n) is 7.59. The molecule has 0 aliphatic carbocycles. The average Bonchev–Trinajstić information content (AvgIpc) is 2.46. The molecule has 1 fully saturated rings. The van der Waals surface area contributed by atoms with Crippen LogP contribution in [0.4, 0.5) is 0 Å². The molecule has 1 aliphatic rings. The Morgan fingerprint density at radius 3 is 2.33 bits per heavy atom. The van der Waals surface area contributed by atoms with E-state index in [4.69, 9.17) is 4.74 Å². The second-order valence-electron chi connectivity index (χ2n) is 6.12. The van der Waals surface area contributed by atoms with Crippen LogP contribution in [-0.2, 0) is 4.79 Å². The molecule has 3 atom stereocenters. The molecule has 1 aliphatic heterocycles. The van der Waals surface area contributed by atoms with E-state index in [1.807, 2.05) is 36.1 Å². The van der Waals surface area contributed by atoms with Crippen LogP contribution in [0.1, 0.15) is 27.2 Å². The Labute approximate surface area is 132 Å². The van der Waals surface area contributed by atoms with E-state index in [1.165, 1.54) is 6.42 Å². The highest BCUT2D eigenvalue weighted by Crippen LogP contribution is 2.28. The van der Waals surface area contributed by atoms with Crippen molar-refractivity contribution in [3.05, 3.63) is 24.3 Å². The quantitative estimate of drug-likeness (QED) is 0.795. The van der Waals surface area contributed by atoms with E-state index >= 15 is 0 Å². The van der Waals surface area contributed by atoms with E-state index < -0.39 is 0 Å². The van der Waals surface area contributed by atoms with Gasteiger partial charge in [-0.2, -0.15) is 0 Å². The Bertz CT molecular complexity index is 464. The molecule has 4 heteroatoms. The lowest BCUT2D eigenvalue weighted by Crippen LogP contribution is -2.45. The predicted octanol–water partition coefficient (Wildman–Crippen LogP) is 3.68. The van der Waals surface area contributed by atoms with Crippen LogP contribution in [0.5, 0.6) is 5.75 Å². The molecular formula is C17H25NO2S. The molecule has 0 bridgehead atoms. The van der Waals surface area contributed by atoms with Gasteiger partial charge in [-0.1, -0.05) is 13.8 Å². The molecule has 1 amide bonds. The zero-order chi connectivity index (χ0) is 15.4. The molecule has 21 heavy (non-hydrogen) atoms. The van der Waals surface area contributed by atoms with E-state index in [9.17, 15) is 4.79 Å². The van der Waals surface area contributed by atoms with Crippen LogP contribution in [0.3, 0.4) is 0 Å². The molecule has 0 spiro atoms. The van der Waals surface area contributed by atoms with Gasteiger partial charge in [-0.15, -0.1) is 11.8 Å².